The number of methoxy groups -OCH3 is 2. The van der Waals surface area contributed by atoms with Gasteiger partial charge in [-0.25, -0.2) is 4.79 Å². The molecule has 5 aromatic carbocycles. The first-order valence-electron chi connectivity index (χ1n) is 18.4. The molecule has 0 radical (unpaired) electrons. The monoisotopic (exact) mass is 964 g/mol. The van der Waals surface area contributed by atoms with E-state index < -0.39 is 43.9 Å². The third kappa shape index (κ3) is 9.98. The lowest BCUT2D eigenvalue weighted by Gasteiger charge is -2.37. The molecule has 2 heterocycles. The van der Waals surface area contributed by atoms with Crippen molar-refractivity contribution in [3.8, 4) is 23.0 Å². The van der Waals surface area contributed by atoms with E-state index in [1.54, 1.807) is 21.1 Å². The van der Waals surface area contributed by atoms with Crippen LogP contribution in [0.3, 0.4) is 0 Å². The molecule has 1 aliphatic heterocycles. The number of nitrogens with one attached hydrogen (secondary N) is 1. The summed E-state index contributed by atoms with van der Waals surface area (Å²) in [5, 5.41) is 0.777. The van der Waals surface area contributed by atoms with Crippen molar-refractivity contribution >= 4 is 78.2 Å². The molecule has 3 atom stereocenters. The van der Waals surface area contributed by atoms with E-state index in [-0.39, 0.29) is 60.2 Å². The van der Waals surface area contributed by atoms with Gasteiger partial charge in [-0.3, -0.25) is 18.9 Å². The van der Waals surface area contributed by atoms with Crippen molar-refractivity contribution in [2.45, 2.75) is 37.4 Å². The number of aromatic nitrogens is 2. The summed E-state index contributed by atoms with van der Waals surface area (Å²) in [4.78, 5) is 28.1. The first-order valence-corrected chi connectivity index (χ1v) is 21.7. The summed E-state index contributed by atoms with van der Waals surface area (Å²) in [6.45, 7) is 1.44. The molecule has 0 aliphatic carbocycles. The third-order valence-electron chi connectivity index (χ3n) is 9.75. The number of nitrogens with zero attached hydrogens (tertiary/aromatic N) is 1. The lowest BCUT2D eigenvalue weighted by Crippen LogP contribution is -2.38. The number of aryl methyl sites for hydroxylation is 1. The summed E-state index contributed by atoms with van der Waals surface area (Å²) in [6.07, 6.45) is -1.38. The van der Waals surface area contributed by atoms with Crippen LogP contribution < -0.4 is 29.8 Å². The number of hydrogen-bond donors (Lipinski definition) is 1. The molecule has 0 unspecified atom stereocenters. The van der Waals surface area contributed by atoms with Gasteiger partial charge in [-0.1, -0.05) is 124 Å². The van der Waals surface area contributed by atoms with E-state index in [2.05, 4.69) is 4.98 Å². The summed E-state index contributed by atoms with van der Waals surface area (Å²) in [6, 6.07) is 30.5. The summed E-state index contributed by atoms with van der Waals surface area (Å²) >= 11 is 38.8. The fraction of sp³-hybridized carbons (Fsp3) is 0.209. The number of hydrogen-bond acceptors (Lipinski definition) is 9. The molecule has 0 spiro atoms. The van der Waals surface area contributed by atoms with E-state index >= 15 is 0 Å². The second kappa shape index (κ2) is 19.6. The molecule has 1 aromatic heterocycles. The number of halogens is 6. The van der Waals surface area contributed by atoms with Gasteiger partial charge >= 0.3 is 14.3 Å². The van der Waals surface area contributed by atoms with Crippen LogP contribution in [0.2, 0.25) is 30.1 Å². The highest BCUT2D eigenvalue weighted by atomic mass is 35.5. The summed E-state index contributed by atoms with van der Waals surface area (Å²) in [5.41, 5.74) is 0.119. The Morgan fingerprint density at radius 1 is 0.721 bits per heavy atom. The smallest absolute Gasteiger partial charge is 0.463 e. The Balaban J connectivity index is 1.33. The summed E-state index contributed by atoms with van der Waals surface area (Å²) < 4.78 is 45.4. The predicted octanol–water partition coefficient (Wildman–Crippen LogP) is 11.8. The van der Waals surface area contributed by atoms with Crippen molar-refractivity contribution in [3.05, 3.63) is 183 Å². The van der Waals surface area contributed by atoms with Gasteiger partial charge in [0.15, 0.2) is 11.5 Å². The Kier molecular flexibility index (Phi) is 14.5. The molecule has 0 amide bonds. The lowest BCUT2D eigenvalue weighted by molar-refractivity contribution is -0.0921. The normalized spacial score (nSPS) is 16.5. The van der Waals surface area contributed by atoms with E-state index in [0.717, 1.165) is 16.7 Å². The minimum absolute atomic E-state index is 0.00194. The molecule has 318 valence electrons. The average molecular weight is 967 g/mol. The van der Waals surface area contributed by atoms with Gasteiger partial charge in [-0.05, 0) is 72.1 Å². The van der Waals surface area contributed by atoms with Gasteiger partial charge in [0.1, 0.15) is 35.5 Å². The highest BCUT2D eigenvalue weighted by Gasteiger charge is 2.45. The topological polar surface area (TPSA) is 119 Å². The van der Waals surface area contributed by atoms with Gasteiger partial charge < -0.3 is 28.0 Å². The fourth-order valence-corrected chi connectivity index (χ4v) is 10.0. The molecule has 1 N–H and O–H groups in total. The Labute approximate surface area is 381 Å². The Bertz CT molecular complexity index is 2460. The van der Waals surface area contributed by atoms with Gasteiger partial charge in [0.25, 0.3) is 5.56 Å². The zero-order valence-electron chi connectivity index (χ0n) is 32.4. The first kappa shape index (κ1) is 45.1. The second-order valence-corrected chi connectivity index (χ2v) is 17.1. The molecule has 6 aromatic rings. The lowest BCUT2D eigenvalue weighted by atomic mass is 9.80. The zero-order chi connectivity index (χ0) is 43.4. The molecule has 11 nitrogen and oxygen atoms in total. The number of aromatic amines is 1. The van der Waals surface area contributed by atoms with Crippen LogP contribution in [0.25, 0.3) is 0 Å². The summed E-state index contributed by atoms with van der Waals surface area (Å²) in [7, 11) is 0.627. The van der Waals surface area contributed by atoms with Crippen LogP contribution in [0, 0.1) is 6.92 Å². The summed E-state index contributed by atoms with van der Waals surface area (Å²) in [5.74, 6) is 1.29. The molecular weight excluding hydrogens is 932 g/mol. The van der Waals surface area contributed by atoms with Crippen molar-refractivity contribution < 1.29 is 32.5 Å². The molecule has 1 aliphatic rings. The number of ether oxygens (including phenoxy) is 4. The quantitative estimate of drug-likeness (QED) is 0.0792. The Morgan fingerprint density at radius 3 is 1.67 bits per heavy atom. The second-order valence-electron chi connectivity index (χ2n) is 13.6. The van der Waals surface area contributed by atoms with Crippen LogP contribution in [0.4, 0.5) is 0 Å². The molecule has 7 rings (SSSR count). The van der Waals surface area contributed by atoms with Crippen LogP contribution in [-0.2, 0) is 19.6 Å². The maximum absolute atomic E-state index is 13.3. The SMILES string of the molecule is COc1ccc(C(OC[C@H]2O[C@@H](n3cc(C)c(=O)[nH]c3=O)C[C@@H]2OP(Oc2c(Cl)cc(Cl)cc2Cl)Oc2c(Cl)cc(Cl)cc2Cl)(c2ccccc2)c2ccc(OC)cc2)cc1. The Morgan fingerprint density at radius 2 is 1.20 bits per heavy atom. The minimum atomic E-state index is -2.56. The van der Waals surface area contributed by atoms with Gasteiger partial charge in [0.05, 0.1) is 40.9 Å². The van der Waals surface area contributed by atoms with Gasteiger partial charge in [0.2, 0.25) is 0 Å². The molecule has 0 saturated carbocycles. The average Bonchev–Trinajstić information content (AvgIpc) is 3.64. The first-order chi connectivity index (χ1) is 29.3. The van der Waals surface area contributed by atoms with Crippen molar-refractivity contribution in [2.75, 3.05) is 20.8 Å². The van der Waals surface area contributed by atoms with Crippen molar-refractivity contribution in [3.63, 3.8) is 0 Å². The van der Waals surface area contributed by atoms with Crippen molar-refractivity contribution in [1.82, 2.24) is 9.55 Å². The van der Waals surface area contributed by atoms with E-state index in [0.29, 0.717) is 11.5 Å². The van der Waals surface area contributed by atoms with Crippen LogP contribution in [0.15, 0.2) is 119 Å². The maximum atomic E-state index is 13.3. The highest BCUT2D eigenvalue weighted by molar-refractivity contribution is 7.42. The standard InChI is InChI=1S/C43H35Cl6N2O9P/c1-24-22-51(42(53)50-41(24)52)38-21-36(58-61(59-39-32(46)17-28(44)18-33(39)47)60-40-34(48)19-29(45)20-35(40)49)37(57-38)23-56-43(25-7-5-4-6-8-25,26-9-13-30(54-2)14-10-26)27-11-15-31(55-3)16-12-27/h4-20,22,36-38H,21,23H2,1-3H3,(H,50,52,53)/t36-,37+,38+/m0/s1. The fourth-order valence-electron chi connectivity index (χ4n) is 6.77. The van der Waals surface area contributed by atoms with Gasteiger partial charge in [-0.15, -0.1) is 0 Å². The molecule has 61 heavy (non-hydrogen) atoms. The van der Waals surface area contributed by atoms with E-state index in [9.17, 15) is 9.59 Å². The van der Waals surface area contributed by atoms with Crippen LogP contribution in [0.1, 0.15) is 34.9 Å². The van der Waals surface area contributed by atoms with E-state index in [1.165, 1.54) is 35.0 Å². The van der Waals surface area contributed by atoms with Crippen LogP contribution in [-0.4, -0.2) is 42.6 Å². The van der Waals surface area contributed by atoms with E-state index in [4.69, 9.17) is 102 Å². The minimum Gasteiger partial charge on any atom is -0.497 e. The molecule has 18 heteroatoms. The maximum Gasteiger partial charge on any atom is 0.463 e. The predicted molar refractivity (Wildman–Crippen MR) is 239 cm³/mol. The number of H-pyrrole nitrogens is 1. The van der Waals surface area contributed by atoms with Crippen molar-refractivity contribution in [2.24, 2.45) is 0 Å². The largest absolute Gasteiger partial charge is 0.497 e. The number of benzene rings is 5. The number of rotatable bonds is 15. The van der Waals surface area contributed by atoms with Crippen molar-refractivity contribution in [1.29, 1.82) is 0 Å². The molecule has 1 fully saturated rings. The Hall–Kier alpha value is -3.97. The van der Waals surface area contributed by atoms with Crippen LogP contribution in [0.5, 0.6) is 23.0 Å². The third-order valence-corrected chi connectivity index (χ3v) is 12.4. The zero-order valence-corrected chi connectivity index (χ0v) is 37.8. The molecule has 0 bridgehead atoms. The highest BCUT2D eigenvalue weighted by Crippen LogP contribution is 2.53. The molecule has 1 saturated heterocycles. The van der Waals surface area contributed by atoms with Gasteiger partial charge in [-0.2, -0.15) is 0 Å². The van der Waals surface area contributed by atoms with Gasteiger partial charge in [0, 0.05) is 28.2 Å². The van der Waals surface area contributed by atoms with E-state index in [1.807, 2.05) is 78.9 Å². The molecular formula is C43H35Cl6N2O9P. The van der Waals surface area contributed by atoms with Crippen LogP contribution >= 0.6 is 78.2 Å².